The molecule has 0 radical (unpaired) electrons. The fraction of sp³-hybridized carbons (Fsp3) is 0.154. The fourth-order valence-electron chi connectivity index (χ4n) is 3.93. The van der Waals surface area contributed by atoms with Crippen molar-refractivity contribution in [1.82, 2.24) is 4.98 Å². The maximum absolute atomic E-state index is 13.3. The van der Waals surface area contributed by atoms with Gasteiger partial charge in [0, 0.05) is 41.5 Å². The van der Waals surface area contributed by atoms with Crippen LogP contribution in [-0.4, -0.2) is 50.8 Å². The summed E-state index contributed by atoms with van der Waals surface area (Å²) < 4.78 is 34.4. The van der Waals surface area contributed by atoms with Gasteiger partial charge in [0.15, 0.2) is 5.13 Å². The summed E-state index contributed by atoms with van der Waals surface area (Å²) in [4.78, 5) is 18.2. The standard InChI is InChI=1S/C26H23ClN6O5S2.BrH/c27-19-6-8-20(9-7-19)31-40(36,37)24-16-21(33(34)35)10-11-22(24)30-28-17-23-25(18-4-2-1-3-5-18)29-26(39-23)32-12-14-38-15-13-32;/h1-11,16-17,30-31H,12-15H2;1H/b28-17+;. The molecule has 1 aromatic heterocycles. The summed E-state index contributed by atoms with van der Waals surface area (Å²) in [6, 6.07) is 19.2. The van der Waals surface area contributed by atoms with Crippen molar-refractivity contribution in [1.29, 1.82) is 0 Å². The lowest BCUT2D eigenvalue weighted by Crippen LogP contribution is -2.36. The van der Waals surface area contributed by atoms with Crippen LogP contribution in [0.4, 0.5) is 22.2 Å². The zero-order valence-corrected chi connectivity index (χ0v) is 25.4. The number of morpholine rings is 1. The van der Waals surface area contributed by atoms with Crippen LogP contribution < -0.4 is 15.0 Å². The second-order valence-corrected chi connectivity index (χ2v) is 11.7. The lowest BCUT2D eigenvalue weighted by atomic mass is 10.1. The molecule has 0 aliphatic carbocycles. The molecule has 3 aromatic carbocycles. The van der Waals surface area contributed by atoms with Gasteiger partial charge < -0.3 is 9.64 Å². The highest BCUT2D eigenvalue weighted by Crippen LogP contribution is 2.33. The van der Waals surface area contributed by atoms with Gasteiger partial charge in [-0.3, -0.25) is 20.3 Å². The number of nitro benzene ring substituents is 1. The first-order chi connectivity index (χ1) is 19.3. The van der Waals surface area contributed by atoms with Crippen molar-refractivity contribution in [3.8, 4) is 11.3 Å². The smallest absolute Gasteiger partial charge is 0.270 e. The molecule has 0 bridgehead atoms. The minimum Gasteiger partial charge on any atom is -0.378 e. The van der Waals surface area contributed by atoms with Crippen LogP contribution in [0.1, 0.15) is 4.88 Å². The first kappa shape index (κ1) is 30.4. The van der Waals surface area contributed by atoms with Gasteiger partial charge in [-0.15, -0.1) is 17.0 Å². The molecule has 1 aliphatic rings. The molecular weight excluding hydrogens is 656 g/mol. The van der Waals surface area contributed by atoms with E-state index in [4.69, 9.17) is 21.3 Å². The zero-order valence-electron chi connectivity index (χ0n) is 21.3. The number of nitro groups is 1. The second-order valence-electron chi connectivity index (χ2n) is 8.59. The summed E-state index contributed by atoms with van der Waals surface area (Å²) in [5.41, 5.74) is 4.32. The molecule has 0 atom stereocenters. The van der Waals surface area contributed by atoms with Crippen molar-refractivity contribution in [3.63, 3.8) is 0 Å². The van der Waals surface area contributed by atoms with Crippen LogP contribution in [0.15, 0.2) is 82.8 Å². The number of hydrogen-bond donors (Lipinski definition) is 2. The SMILES string of the molecule is Br.O=[N+]([O-])c1ccc(N/N=C/c2sc(N3CCOCC3)nc2-c2ccccc2)c(S(=O)(=O)Nc2ccc(Cl)cc2)c1. The first-order valence-corrected chi connectivity index (χ1v) is 14.7. The van der Waals surface area contributed by atoms with Crippen molar-refractivity contribution in [2.45, 2.75) is 4.90 Å². The van der Waals surface area contributed by atoms with Crippen molar-refractivity contribution in [3.05, 3.63) is 92.8 Å². The molecule has 0 unspecified atom stereocenters. The highest BCUT2D eigenvalue weighted by atomic mass is 79.9. The van der Waals surface area contributed by atoms with E-state index in [0.29, 0.717) is 18.2 Å². The third-order valence-electron chi connectivity index (χ3n) is 5.90. The van der Waals surface area contributed by atoms with Crippen LogP contribution in [0, 0.1) is 10.1 Å². The normalized spacial score (nSPS) is 13.5. The number of sulfonamides is 1. The monoisotopic (exact) mass is 678 g/mol. The van der Waals surface area contributed by atoms with Crippen LogP contribution in [0.3, 0.4) is 0 Å². The Morgan fingerprint density at radius 2 is 1.78 bits per heavy atom. The lowest BCUT2D eigenvalue weighted by molar-refractivity contribution is -0.385. The number of nitrogens with zero attached hydrogens (tertiary/aromatic N) is 4. The molecule has 2 heterocycles. The number of halogens is 2. The van der Waals surface area contributed by atoms with E-state index in [-0.39, 0.29) is 38.9 Å². The molecule has 1 aliphatic heterocycles. The number of thiazole rings is 1. The molecule has 4 aromatic rings. The maximum atomic E-state index is 13.3. The molecule has 11 nitrogen and oxygen atoms in total. The highest BCUT2D eigenvalue weighted by Gasteiger charge is 2.23. The number of rotatable bonds is 9. The van der Waals surface area contributed by atoms with Crippen molar-refractivity contribution in [2.75, 3.05) is 41.4 Å². The molecular formula is C26H24BrClN6O5S2. The molecule has 0 spiro atoms. The number of hydrogen-bond acceptors (Lipinski definition) is 10. The number of hydrazone groups is 1. The van der Waals surface area contributed by atoms with E-state index in [2.05, 4.69) is 20.1 Å². The van der Waals surface area contributed by atoms with E-state index in [9.17, 15) is 18.5 Å². The summed E-state index contributed by atoms with van der Waals surface area (Å²) in [6.45, 7) is 2.68. The van der Waals surface area contributed by atoms with Gasteiger partial charge in [-0.2, -0.15) is 5.10 Å². The molecule has 1 fully saturated rings. The summed E-state index contributed by atoms with van der Waals surface area (Å²) in [6.07, 6.45) is 1.56. The summed E-state index contributed by atoms with van der Waals surface area (Å²) >= 11 is 7.35. The van der Waals surface area contributed by atoms with Gasteiger partial charge in [0.1, 0.15) is 4.90 Å². The number of nitrogens with one attached hydrogen (secondary N) is 2. The van der Waals surface area contributed by atoms with Crippen LogP contribution in [0.2, 0.25) is 5.02 Å². The Hall–Kier alpha value is -3.56. The number of benzene rings is 3. The molecule has 2 N–H and O–H groups in total. The Balaban J connectivity index is 0.00000387. The van der Waals surface area contributed by atoms with Gasteiger partial charge in [0.05, 0.1) is 40.6 Å². The van der Waals surface area contributed by atoms with Crippen LogP contribution in [0.25, 0.3) is 11.3 Å². The Morgan fingerprint density at radius 1 is 1.07 bits per heavy atom. The maximum Gasteiger partial charge on any atom is 0.270 e. The van der Waals surface area contributed by atoms with Gasteiger partial charge in [0.25, 0.3) is 15.7 Å². The predicted molar refractivity (Wildman–Crippen MR) is 167 cm³/mol. The predicted octanol–water partition coefficient (Wildman–Crippen LogP) is 6.03. The van der Waals surface area contributed by atoms with E-state index in [1.807, 2.05) is 30.3 Å². The minimum atomic E-state index is -4.23. The average Bonchev–Trinajstić information content (AvgIpc) is 3.39. The summed E-state index contributed by atoms with van der Waals surface area (Å²) in [5.74, 6) is 0. The molecule has 214 valence electrons. The number of anilines is 3. The largest absolute Gasteiger partial charge is 0.378 e. The third kappa shape index (κ3) is 7.40. The van der Waals surface area contributed by atoms with Gasteiger partial charge in [0.2, 0.25) is 0 Å². The number of ether oxygens (including phenoxy) is 1. The molecule has 1 saturated heterocycles. The van der Waals surface area contributed by atoms with Gasteiger partial charge in [-0.05, 0) is 30.3 Å². The number of aromatic nitrogens is 1. The second kappa shape index (κ2) is 13.4. The Labute approximate surface area is 255 Å². The lowest BCUT2D eigenvalue weighted by Gasteiger charge is -2.26. The van der Waals surface area contributed by atoms with Crippen LogP contribution >= 0.6 is 39.9 Å². The topological polar surface area (TPSA) is 139 Å². The quantitative estimate of drug-likeness (QED) is 0.124. The number of non-ortho nitro benzene ring substituents is 1. The molecule has 0 saturated carbocycles. The molecule has 15 heteroatoms. The van der Waals surface area contributed by atoms with E-state index in [0.717, 1.165) is 40.4 Å². The highest BCUT2D eigenvalue weighted by molar-refractivity contribution is 8.93. The van der Waals surface area contributed by atoms with E-state index in [1.54, 1.807) is 6.21 Å². The van der Waals surface area contributed by atoms with Crippen molar-refractivity contribution in [2.24, 2.45) is 5.10 Å². The Kier molecular flexibility index (Phi) is 9.94. The van der Waals surface area contributed by atoms with Gasteiger partial charge in [-0.1, -0.05) is 53.3 Å². The van der Waals surface area contributed by atoms with E-state index >= 15 is 0 Å². The van der Waals surface area contributed by atoms with E-state index < -0.39 is 14.9 Å². The Morgan fingerprint density at radius 3 is 2.46 bits per heavy atom. The fourth-order valence-corrected chi connectivity index (χ4v) is 6.30. The van der Waals surface area contributed by atoms with Crippen LogP contribution in [-0.2, 0) is 14.8 Å². The van der Waals surface area contributed by atoms with E-state index in [1.165, 1.54) is 47.7 Å². The van der Waals surface area contributed by atoms with Crippen molar-refractivity contribution >= 4 is 78.4 Å². The summed E-state index contributed by atoms with van der Waals surface area (Å²) in [5, 5.41) is 17.0. The zero-order chi connectivity index (χ0) is 28.1. The first-order valence-electron chi connectivity index (χ1n) is 12.0. The van der Waals surface area contributed by atoms with Gasteiger partial charge >= 0.3 is 0 Å². The molecule has 0 amide bonds. The minimum absolute atomic E-state index is 0. The van der Waals surface area contributed by atoms with Crippen molar-refractivity contribution < 1.29 is 18.1 Å². The van der Waals surface area contributed by atoms with Crippen LogP contribution in [0.5, 0.6) is 0 Å². The summed E-state index contributed by atoms with van der Waals surface area (Å²) in [7, 11) is -4.23. The molecule has 41 heavy (non-hydrogen) atoms. The average molecular weight is 680 g/mol. The molecule has 5 rings (SSSR count). The van der Waals surface area contributed by atoms with Gasteiger partial charge in [-0.25, -0.2) is 13.4 Å². The third-order valence-corrected chi connectivity index (χ3v) is 8.62. The Bertz CT molecular complexity index is 1650.